The minimum Gasteiger partial charge on any atom is -0.497 e. The lowest BCUT2D eigenvalue weighted by atomic mass is 9.77. The van der Waals surface area contributed by atoms with Crippen molar-refractivity contribution in [1.82, 2.24) is 0 Å². The maximum Gasteiger partial charge on any atom is 0.129 e. The molecule has 1 fully saturated rings. The van der Waals surface area contributed by atoms with Gasteiger partial charge in [0.1, 0.15) is 17.1 Å². The lowest BCUT2D eigenvalue weighted by molar-refractivity contribution is -0.0256. The number of benzene rings is 1. The van der Waals surface area contributed by atoms with E-state index in [1.165, 1.54) is 0 Å². The van der Waals surface area contributed by atoms with Gasteiger partial charge in [-0.2, -0.15) is 11.8 Å². The number of aliphatic hydroxyl groups excluding tert-OH is 1. The number of hydrogen-bond donors (Lipinski definition) is 1. The molecule has 1 aromatic carbocycles. The number of methoxy groups -OCH3 is 1. The van der Waals surface area contributed by atoms with E-state index in [0.717, 1.165) is 35.0 Å². The van der Waals surface area contributed by atoms with Gasteiger partial charge in [-0.3, -0.25) is 0 Å². The summed E-state index contributed by atoms with van der Waals surface area (Å²) in [6.07, 6.45) is 1.22. The molecule has 2 atom stereocenters. The minimum atomic E-state index is -0.445. The molecule has 2 aliphatic heterocycles. The molecule has 0 amide bonds. The molecule has 0 aliphatic carbocycles. The van der Waals surface area contributed by atoms with Crippen LogP contribution >= 0.6 is 11.8 Å². The molecule has 2 aliphatic rings. The Balaban J connectivity index is 1.94. The highest BCUT2D eigenvalue weighted by Crippen LogP contribution is 2.50. The fourth-order valence-electron chi connectivity index (χ4n) is 3.43. The van der Waals surface area contributed by atoms with Crippen LogP contribution < -0.4 is 9.47 Å². The van der Waals surface area contributed by atoms with Crippen LogP contribution in [0.2, 0.25) is 0 Å². The van der Waals surface area contributed by atoms with Crippen LogP contribution in [0, 0.1) is 5.41 Å². The highest BCUT2D eigenvalue weighted by atomic mass is 32.2. The topological polar surface area (TPSA) is 38.7 Å². The van der Waals surface area contributed by atoms with Gasteiger partial charge in [0.15, 0.2) is 0 Å². The van der Waals surface area contributed by atoms with Gasteiger partial charge in [0, 0.05) is 23.8 Å². The van der Waals surface area contributed by atoms with E-state index in [1.54, 1.807) is 7.11 Å². The molecule has 0 aromatic heterocycles. The fraction of sp³-hybridized carbons (Fsp3) is 0.625. The van der Waals surface area contributed by atoms with E-state index in [4.69, 9.17) is 9.47 Å². The highest BCUT2D eigenvalue weighted by Gasteiger charge is 2.46. The van der Waals surface area contributed by atoms with E-state index >= 15 is 0 Å². The molecule has 1 saturated heterocycles. The number of ether oxygens (including phenoxy) is 2. The second-order valence-corrected chi connectivity index (χ2v) is 7.73. The molecule has 2 heterocycles. The first-order valence-corrected chi connectivity index (χ1v) is 8.21. The molecule has 1 aromatic rings. The first-order chi connectivity index (χ1) is 9.43. The summed E-state index contributed by atoms with van der Waals surface area (Å²) in [5.41, 5.74) is 0.884. The molecule has 0 radical (unpaired) electrons. The van der Waals surface area contributed by atoms with Gasteiger partial charge < -0.3 is 14.6 Å². The Hall–Kier alpha value is -0.870. The summed E-state index contributed by atoms with van der Waals surface area (Å²) in [6, 6.07) is 5.68. The van der Waals surface area contributed by atoms with Gasteiger partial charge in [-0.05, 0) is 29.7 Å². The van der Waals surface area contributed by atoms with Crippen molar-refractivity contribution in [3.63, 3.8) is 0 Å². The van der Waals surface area contributed by atoms with Crippen LogP contribution in [0.1, 0.15) is 38.4 Å². The molecule has 3 nitrogen and oxygen atoms in total. The first-order valence-electron chi connectivity index (χ1n) is 7.06. The molecule has 4 heteroatoms. The predicted octanol–water partition coefficient (Wildman–Crippen LogP) is 3.41. The SMILES string of the molecule is COc1ccc2c(c1)OC1(CSCC(C)(C)C1)C[C@H]2O. The molecule has 1 unspecified atom stereocenters. The molecule has 20 heavy (non-hydrogen) atoms. The molecule has 0 bridgehead atoms. The van der Waals surface area contributed by atoms with Gasteiger partial charge in [-0.1, -0.05) is 13.8 Å². The zero-order chi connectivity index (χ0) is 14.4. The molecular weight excluding hydrogens is 272 g/mol. The Morgan fingerprint density at radius 1 is 1.35 bits per heavy atom. The fourth-order valence-corrected chi connectivity index (χ4v) is 4.83. The van der Waals surface area contributed by atoms with E-state index in [0.29, 0.717) is 6.42 Å². The molecule has 1 spiro atoms. The Labute approximate surface area is 124 Å². The van der Waals surface area contributed by atoms with E-state index in [2.05, 4.69) is 13.8 Å². The third kappa shape index (κ3) is 2.51. The van der Waals surface area contributed by atoms with Crippen molar-refractivity contribution in [2.24, 2.45) is 5.41 Å². The van der Waals surface area contributed by atoms with Crippen molar-refractivity contribution in [3.8, 4) is 11.5 Å². The summed E-state index contributed by atoms with van der Waals surface area (Å²) in [5, 5.41) is 10.5. The third-order valence-electron chi connectivity index (χ3n) is 4.13. The lowest BCUT2D eigenvalue weighted by Gasteiger charge is -2.48. The van der Waals surface area contributed by atoms with Crippen molar-refractivity contribution in [2.45, 2.75) is 38.4 Å². The normalized spacial score (nSPS) is 31.5. The number of thioether (sulfide) groups is 1. The van der Waals surface area contributed by atoms with Crippen LogP contribution in [0.4, 0.5) is 0 Å². The van der Waals surface area contributed by atoms with Crippen LogP contribution in [0.5, 0.6) is 11.5 Å². The summed E-state index contributed by atoms with van der Waals surface area (Å²) in [4.78, 5) is 0. The van der Waals surface area contributed by atoms with Gasteiger partial charge in [0.05, 0.1) is 13.2 Å². The van der Waals surface area contributed by atoms with Crippen LogP contribution in [0.15, 0.2) is 18.2 Å². The van der Waals surface area contributed by atoms with Gasteiger partial charge in [0.2, 0.25) is 0 Å². The molecule has 0 saturated carbocycles. The van der Waals surface area contributed by atoms with E-state index in [-0.39, 0.29) is 11.0 Å². The van der Waals surface area contributed by atoms with E-state index in [9.17, 15) is 5.11 Å². The summed E-state index contributed by atoms with van der Waals surface area (Å²) in [6.45, 7) is 4.55. The smallest absolute Gasteiger partial charge is 0.129 e. The van der Waals surface area contributed by atoms with Crippen LogP contribution in [0.3, 0.4) is 0 Å². The zero-order valence-corrected chi connectivity index (χ0v) is 13.1. The molecule has 3 rings (SSSR count). The van der Waals surface area contributed by atoms with Crippen molar-refractivity contribution in [3.05, 3.63) is 23.8 Å². The van der Waals surface area contributed by atoms with Crippen molar-refractivity contribution < 1.29 is 14.6 Å². The van der Waals surface area contributed by atoms with Gasteiger partial charge in [0.25, 0.3) is 0 Å². The number of fused-ring (bicyclic) bond motifs is 1. The third-order valence-corrected chi connectivity index (χ3v) is 5.85. The summed E-state index contributed by atoms with van der Waals surface area (Å²) in [7, 11) is 1.65. The molecule has 110 valence electrons. The van der Waals surface area contributed by atoms with Crippen molar-refractivity contribution in [2.75, 3.05) is 18.6 Å². The quantitative estimate of drug-likeness (QED) is 0.861. The van der Waals surface area contributed by atoms with Crippen LogP contribution in [-0.2, 0) is 0 Å². The van der Waals surface area contributed by atoms with Gasteiger partial charge in [-0.25, -0.2) is 0 Å². The first kappa shape index (κ1) is 14.1. The van der Waals surface area contributed by atoms with Crippen LogP contribution in [-0.4, -0.2) is 29.3 Å². The Kier molecular flexibility index (Phi) is 3.41. The van der Waals surface area contributed by atoms with Crippen LogP contribution in [0.25, 0.3) is 0 Å². The lowest BCUT2D eigenvalue weighted by Crippen LogP contribution is -2.50. The van der Waals surface area contributed by atoms with E-state index < -0.39 is 6.10 Å². The van der Waals surface area contributed by atoms with E-state index in [1.807, 2.05) is 30.0 Å². The Morgan fingerprint density at radius 3 is 2.85 bits per heavy atom. The maximum atomic E-state index is 10.5. The molecule has 1 N–H and O–H groups in total. The number of aliphatic hydroxyl groups is 1. The zero-order valence-electron chi connectivity index (χ0n) is 12.3. The second-order valence-electron chi connectivity index (χ2n) is 6.74. The summed E-state index contributed by atoms with van der Waals surface area (Å²) < 4.78 is 11.6. The highest BCUT2D eigenvalue weighted by molar-refractivity contribution is 7.99. The summed E-state index contributed by atoms with van der Waals surface area (Å²) in [5.74, 6) is 3.65. The monoisotopic (exact) mass is 294 g/mol. The van der Waals surface area contributed by atoms with Crippen molar-refractivity contribution in [1.29, 1.82) is 0 Å². The molecular formula is C16H22O3S. The number of rotatable bonds is 1. The van der Waals surface area contributed by atoms with Crippen molar-refractivity contribution >= 4 is 11.8 Å². The largest absolute Gasteiger partial charge is 0.497 e. The average Bonchev–Trinajstić information content (AvgIpc) is 2.36. The number of hydrogen-bond acceptors (Lipinski definition) is 4. The summed E-state index contributed by atoms with van der Waals surface area (Å²) >= 11 is 1.93. The Bertz CT molecular complexity index is 514. The average molecular weight is 294 g/mol. The predicted molar refractivity (Wildman–Crippen MR) is 81.7 cm³/mol. The standard InChI is InChI=1S/C16H22O3S/c1-15(2)8-16(10-20-9-15)7-13(17)12-5-4-11(18-3)6-14(12)19-16/h4-6,13,17H,7-10H2,1-3H3/t13-,16?/m1/s1. The second kappa shape index (κ2) is 4.85. The van der Waals surface area contributed by atoms with Gasteiger partial charge >= 0.3 is 0 Å². The minimum absolute atomic E-state index is 0.245. The van der Waals surface area contributed by atoms with Gasteiger partial charge in [-0.15, -0.1) is 0 Å². The Morgan fingerprint density at radius 2 is 2.15 bits per heavy atom. The maximum absolute atomic E-state index is 10.5.